The normalized spacial score (nSPS) is 18.4. The predicted octanol–water partition coefficient (Wildman–Crippen LogP) is 2.49. The Hall–Kier alpha value is -3.87. The summed E-state index contributed by atoms with van der Waals surface area (Å²) in [6.45, 7) is 0.125. The van der Waals surface area contributed by atoms with Crippen molar-refractivity contribution in [2.45, 2.75) is 12.6 Å². The topological polar surface area (TPSA) is 96.3 Å². The van der Waals surface area contributed by atoms with Crippen LogP contribution in [0.5, 0.6) is 0 Å². The van der Waals surface area contributed by atoms with Gasteiger partial charge < -0.3 is 10.0 Å². The zero-order chi connectivity index (χ0) is 19.5. The summed E-state index contributed by atoms with van der Waals surface area (Å²) in [5.41, 5.74) is 1.54. The standard InChI is InChI=1S/C21H16N4O3/c26-19(14-7-11-22-12-8-14)17-18(16-6-2-4-10-24-16)25(21(28)20(17)27)13-15-5-1-3-9-23-15/h1-12,18,26H,13H2/b19-17-. The molecule has 4 rings (SSSR count). The number of ketones is 1. The number of hydrogen-bond donors (Lipinski definition) is 1. The average Bonchev–Trinajstić information content (AvgIpc) is 3.00. The number of carbonyl (C=O) groups excluding carboxylic acids is 2. The second kappa shape index (κ2) is 7.40. The maximum atomic E-state index is 12.8. The van der Waals surface area contributed by atoms with Gasteiger partial charge in [-0.15, -0.1) is 0 Å². The van der Waals surface area contributed by atoms with Crippen molar-refractivity contribution in [1.82, 2.24) is 19.9 Å². The van der Waals surface area contributed by atoms with Gasteiger partial charge in [0.25, 0.3) is 11.7 Å². The first-order valence-electron chi connectivity index (χ1n) is 8.66. The molecule has 1 unspecified atom stereocenters. The molecule has 0 radical (unpaired) electrons. The molecule has 1 saturated heterocycles. The number of rotatable bonds is 4. The van der Waals surface area contributed by atoms with E-state index in [-0.39, 0.29) is 17.9 Å². The van der Waals surface area contributed by atoms with Crippen LogP contribution in [0.4, 0.5) is 0 Å². The molecule has 7 nitrogen and oxygen atoms in total. The Labute approximate surface area is 161 Å². The molecule has 0 aromatic carbocycles. The van der Waals surface area contributed by atoms with Crippen LogP contribution >= 0.6 is 0 Å². The number of nitrogens with zero attached hydrogens (tertiary/aromatic N) is 4. The molecule has 28 heavy (non-hydrogen) atoms. The van der Waals surface area contributed by atoms with E-state index in [0.717, 1.165) is 0 Å². The molecule has 0 spiro atoms. The number of aliphatic hydroxyl groups excluding tert-OH is 1. The maximum absolute atomic E-state index is 12.8. The third-order valence-corrected chi connectivity index (χ3v) is 4.52. The van der Waals surface area contributed by atoms with Gasteiger partial charge in [-0.1, -0.05) is 12.1 Å². The van der Waals surface area contributed by atoms with Crippen LogP contribution in [-0.2, 0) is 16.1 Å². The molecule has 1 fully saturated rings. The molecule has 3 aromatic rings. The Morgan fingerprint density at radius 1 is 0.929 bits per heavy atom. The van der Waals surface area contributed by atoms with E-state index in [1.807, 2.05) is 6.07 Å². The third-order valence-electron chi connectivity index (χ3n) is 4.52. The predicted molar refractivity (Wildman–Crippen MR) is 101 cm³/mol. The van der Waals surface area contributed by atoms with Crippen LogP contribution in [0, 0.1) is 0 Å². The van der Waals surface area contributed by atoms with Gasteiger partial charge in [0.1, 0.15) is 11.8 Å². The minimum Gasteiger partial charge on any atom is -0.507 e. The number of pyridine rings is 3. The maximum Gasteiger partial charge on any atom is 0.296 e. The highest BCUT2D eigenvalue weighted by Gasteiger charge is 2.46. The summed E-state index contributed by atoms with van der Waals surface area (Å²) >= 11 is 0. The lowest BCUT2D eigenvalue weighted by atomic mass is 9.98. The van der Waals surface area contributed by atoms with Crippen LogP contribution in [0.15, 0.2) is 78.9 Å². The Kier molecular flexibility index (Phi) is 4.63. The summed E-state index contributed by atoms with van der Waals surface area (Å²) in [6.07, 6.45) is 6.23. The van der Waals surface area contributed by atoms with Crippen LogP contribution < -0.4 is 0 Å². The molecule has 1 aliphatic rings. The molecule has 0 saturated carbocycles. The highest BCUT2D eigenvalue weighted by molar-refractivity contribution is 6.46. The molecule has 7 heteroatoms. The van der Waals surface area contributed by atoms with E-state index < -0.39 is 17.7 Å². The van der Waals surface area contributed by atoms with Crippen LogP contribution in [0.25, 0.3) is 5.76 Å². The minimum atomic E-state index is -0.809. The molecule has 1 aliphatic heterocycles. The molecule has 138 valence electrons. The van der Waals surface area contributed by atoms with Crippen LogP contribution in [0.3, 0.4) is 0 Å². The zero-order valence-electron chi connectivity index (χ0n) is 14.8. The molecule has 1 atom stereocenters. The highest BCUT2D eigenvalue weighted by atomic mass is 16.3. The number of carbonyl (C=O) groups is 2. The Morgan fingerprint density at radius 3 is 2.29 bits per heavy atom. The van der Waals surface area contributed by atoms with Crippen LogP contribution in [0.1, 0.15) is 23.0 Å². The highest BCUT2D eigenvalue weighted by Crippen LogP contribution is 2.39. The van der Waals surface area contributed by atoms with E-state index in [1.54, 1.807) is 54.9 Å². The molecule has 3 aromatic heterocycles. The van der Waals surface area contributed by atoms with Crippen molar-refractivity contribution in [2.75, 3.05) is 0 Å². The van der Waals surface area contributed by atoms with Crippen molar-refractivity contribution in [3.63, 3.8) is 0 Å². The quantitative estimate of drug-likeness (QED) is 0.429. The van der Waals surface area contributed by atoms with E-state index in [2.05, 4.69) is 15.0 Å². The van der Waals surface area contributed by atoms with Gasteiger partial charge in [-0.2, -0.15) is 0 Å². The van der Waals surface area contributed by atoms with E-state index >= 15 is 0 Å². The smallest absolute Gasteiger partial charge is 0.296 e. The van der Waals surface area contributed by atoms with Crippen molar-refractivity contribution in [3.8, 4) is 0 Å². The number of amides is 1. The van der Waals surface area contributed by atoms with Crippen molar-refractivity contribution >= 4 is 17.4 Å². The average molecular weight is 372 g/mol. The van der Waals surface area contributed by atoms with E-state index in [1.165, 1.54) is 17.3 Å². The first-order valence-corrected chi connectivity index (χ1v) is 8.66. The van der Waals surface area contributed by atoms with Crippen molar-refractivity contribution in [1.29, 1.82) is 0 Å². The molecule has 0 bridgehead atoms. The minimum absolute atomic E-state index is 0.00540. The lowest BCUT2D eigenvalue weighted by Gasteiger charge is -2.24. The van der Waals surface area contributed by atoms with E-state index in [9.17, 15) is 14.7 Å². The SMILES string of the molecule is O=C1C(=O)N(Cc2ccccn2)C(c2ccccn2)/C1=C(/O)c1ccncc1. The van der Waals surface area contributed by atoms with Gasteiger partial charge in [0.05, 0.1) is 23.5 Å². The van der Waals surface area contributed by atoms with Gasteiger partial charge in [0.2, 0.25) is 0 Å². The first kappa shape index (κ1) is 17.5. The van der Waals surface area contributed by atoms with Gasteiger partial charge in [-0.3, -0.25) is 24.5 Å². The van der Waals surface area contributed by atoms with Crippen LogP contribution in [-0.4, -0.2) is 36.6 Å². The van der Waals surface area contributed by atoms with Crippen molar-refractivity contribution in [2.24, 2.45) is 0 Å². The second-order valence-corrected chi connectivity index (χ2v) is 6.24. The summed E-state index contributed by atoms with van der Waals surface area (Å²) in [7, 11) is 0. The molecule has 1 N–H and O–H groups in total. The largest absolute Gasteiger partial charge is 0.507 e. The number of Topliss-reactive ketones (excluding diaryl/α,β-unsaturated/α-hetero) is 1. The molecular formula is C21H16N4O3. The molecule has 4 heterocycles. The number of aromatic nitrogens is 3. The van der Waals surface area contributed by atoms with Gasteiger partial charge in [0, 0.05) is 30.4 Å². The summed E-state index contributed by atoms with van der Waals surface area (Å²) < 4.78 is 0. The first-order chi connectivity index (χ1) is 13.7. The Morgan fingerprint density at radius 2 is 1.64 bits per heavy atom. The van der Waals surface area contributed by atoms with Crippen molar-refractivity contribution < 1.29 is 14.7 Å². The molecular weight excluding hydrogens is 356 g/mol. The molecule has 1 amide bonds. The molecule has 0 aliphatic carbocycles. The lowest BCUT2D eigenvalue weighted by Crippen LogP contribution is -2.29. The van der Waals surface area contributed by atoms with Crippen molar-refractivity contribution in [3.05, 3.63) is 95.8 Å². The fraction of sp³-hybridized carbons (Fsp3) is 0.0952. The van der Waals surface area contributed by atoms with Crippen LogP contribution in [0.2, 0.25) is 0 Å². The van der Waals surface area contributed by atoms with E-state index in [0.29, 0.717) is 17.0 Å². The lowest BCUT2D eigenvalue weighted by molar-refractivity contribution is -0.140. The Bertz CT molecular complexity index is 1040. The van der Waals surface area contributed by atoms with Gasteiger partial charge in [0.15, 0.2) is 0 Å². The monoisotopic (exact) mass is 372 g/mol. The summed E-state index contributed by atoms with van der Waals surface area (Å²) in [5.74, 6) is -1.70. The zero-order valence-corrected chi connectivity index (χ0v) is 14.8. The number of likely N-dealkylation sites (tertiary alicyclic amines) is 1. The van der Waals surface area contributed by atoms with Gasteiger partial charge in [-0.25, -0.2) is 0 Å². The number of hydrogen-bond acceptors (Lipinski definition) is 6. The third kappa shape index (κ3) is 3.14. The van der Waals surface area contributed by atoms with Gasteiger partial charge in [-0.05, 0) is 36.4 Å². The summed E-state index contributed by atoms with van der Waals surface area (Å²) in [6, 6.07) is 13.0. The Balaban J connectivity index is 1.85. The summed E-state index contributed by atoms with van der Waals surface area (Å²) in [5, 5.41) is 10.8. The van der Waals surface area contributed by atoms with E-state index in [4.69, 9.17) is 0 Å². The fourth-order valence-corrected chi connectivity index (χ4v) is 3.22. The second-order valence-electron chi connectivity index (χ2n) is 6.24. The fourth-order valence-electron chi connectivity index (χ4n) is 3.22. The summed E-state index contributed by atoms with van der Waals surface area (Å²) in [4.78, 5) is 39.5. The number of aliphatic hydroxyl groups is 1. The van der Waals surface area contributed by atoms with Gasteiger partial charge >= 0.3 is 0 Å².